The Morgan fingerprint density at radius 3 is 2.17 bits per heavy atom. The van der Waals surface area contributed by atoms with Gasteiger partial charge in [0.15, 0.2) is 6.29 Å². The fourth-order valence-corrected chi connectivity index (χ4v) is 3.39. The highest BCUT2D eigenvalue weighted by atomic mass is 31.2. The van der Waals surface area contributed by atoms with Crippen molar-refractivity contribution in [1.29, 1.82) is 0 Å². The van der Waals surface area contributed by atoms with Crippen molar-refractivity contribution >= 4 is 7.75 Å². The topological polar surface area (TPSA) is 84.5 Å². The van der Waals surface area contributed by atoms with Gasteiger partial charge in [0, 0.05) is 40.0 Å². The SMILES string of the molecule is CC.CCOCC(C)CNP(=O)(OC)OCCOc1ccc(C(OC)OC)cc1. The van der Waals surface area contributed by atoms with Gasteiger partial charge < -0.3 is 23.5 Å². The molecular weight excluding hydrogens is 397 g/mol. The van der Waals surface area contributed by atoms with Crippen LogP contribution in [0.2, 0.25) is 0 Å². The number of benzene rings is 1. The van der Waals surface area contributed by atoms with Crippen LogP contribution in [0.15, 0.2) is 24.3 Å². The highest BCUT2D eigenvalue weighted by molar-refractivity contribution is 7.51. The van der Waals surface area contributed by atoms with Gasteiger partial charge in [0.2, 0.25) is 0 Å². The van der Waals surface area contributed by atoms with Gasteiger partial charge in [0.1, 0.15) is 12.4 Å². The van der Waals surface area contributed by atoms with Crippen LogP contribution in [0.3, 0.4) is 0 Å². The van der Waals surface area contributed by atoms with Crippen LogP contribution in [-0.4, -0.2) is 54.3 Å². The number of methoxy groups -OCH3 is 2. The Morgan fingerprint density at radius 2 is 1.66 bits per heavy atom. The first-order valence-electron chi connectivity index (χ1n) is 9.89. The maximum Gasteiger partial charge on any atom is 0.405 e. The number of rotatable bonds is 15. The van der Waals surface area contributed by atoms with E-state index in [2.05, 4.69) is 5.09 Å². The third-order valence-corrected chi connectivity index (χ3v) is 5.25. The van der Waals surface area contributed by atoms with E-state index in [0.29, 0.717) is 25.5 Å². The van der Waals surface area contributed by atoms with Crippen molar-refractivity contribution in [2.24, 2.45) is 5.92 Å². The highest BCUT2D eigenvalue weighted by Gasteiger charge is 2.23. The van der Waals surface area contributed by atoms with Gasteiger partial charge in [-0.3, -0.25) is 4.52 Å². The maximum absolute atomic E-state index is 12.5. The Labute approximate surface area is 175 Å². The minimum Gasteiger partial charge on any atom is -0.491 e. The first kappa shape index (κ1) is 28.0. The summed E-state index contributed by atoms with van der Waals surface area (Å²) in [5, 5.41) is 2.83. The largest absolute Gasteiger partial charge is 0.491 e. The summed E-state index contributed by atoms with van der Waals surface area (Å²) in [6, 6.07) is 7.33. The number of hydrogen-bond acceptors (Lipinski definition) is 7. The molecule has 0 aliphatic heterocycles. The first-order chi connectivity index (χ1) is 14.0. The van der Waals surface area contributed by atoms with Crippen LogP contribution in [-0.2, 0) is 27.8 Å². The molecule has 2 unspecified atom stereocenters. The highest BCUT2D eigenvalue weighted by Crippen LogP contribution is 2.42. The van der Waals surface area contributed by atoms with E-state index in [1.807, 2.05) is 52.0 Å². The summed E-state index contributed by atoms with van der Waals surface area (Å²) < 4.78 is 44.2. The number of ether oxygens (including phenoxy) is 4. The molecule has 1 N–H and O–H groups in total. The van der Waals surface area contributed by atoms with Crippen molar-refractivity contribution in [3.8, 4) is 5.75 Å². The summed E-state index contributed by atoms with van der Waals surface area (Å²) in [4.78, 5) is 0. The third-order valence-electron chi connectivity index (χ3n) is 3.67. The second kappa shape index (κ2) is 16.8. The molecule has 9 heteroatoms. The Hall–Kier alpha value is -0.990. The molecule has 1 aromatic rings. The zero-order chi connectivity index (χ0) is 22.1. The molecule has 0 saturated heterocycles. The van der Waals surface area contributed by atoms with Crippen molar-refractivity contribution < 1.29 is 32.6 Å². The Morgan fingerprint density at radius 1 is 1.03 bits per heavy atom. The summed E-state index contributed by atoms with van der Waals surface area (Å²) in [6.07, 6.45) is -0.411. The molecular formula is C20H38NO7P. The van der Waals surface area contributed by atoms with Gasteiger partial charge in [0.05, 0.1) is 13.2 Å². The monoisotopic (exact) mass is 435 g/mol. The van der Waals surface area contributed by atoms with E-state index in [1.54, 1.807) is 14.2 Å². The summed E-state index contributed by atoms with van der Waals surface area (Å²) >= 11 is 0. The lowest BCUT2D eigenvalue weighted by Crippen LogP contribution is -2.24. The molecule has 0 aliphatic rings. The van der Waals surface area contributed by atoms with E-state index in [1.165, 1.54) is 7.11 Å². The summed E-state index contributed by atoms with van der Waals surface area (Å²) in [5.74, 6) is 0.855. The zero-order valence-electron chi connectivity index (χ0n) is 18.8. The average Bonchev–Trinajstić information content (AvgIpc) is 2.77. The molecule has 2 atom stereocenters. The smallest absolute Gasteiger partial charge is 0.405 e. The van der Waals surface area contributed by atoms with Crippen molar-refractivity contribution in [3.05, 3.63) is 29.8 Å². The molecule has 0 aliphatic carbocycles. The van der Waals surface area contributed by atoms with Gasteiger partial charge in [-0.2, -0.15) is 0 Å². The quantitative estimate of drug-likeness (QED) is 0.246. The van der Waals surface area contributed by atoms with Gasteiger partial charge in [-0.15, -0.1) is 0 Å². The van der Waals surface area contributed by atoms with Crippen molar-refractivity contribution in [1.82, 2.24) is 5.09 Å². The van der Waals surface area contributed by atoms with Crippen LogP contribution >= 0.6 is 7.75 Å². The number of hydrogen-bond donors (Lipinski definition) is 1. The van der Waals surface area contributed by atoms with E-state index >= 15 is 0 Å². The molecule has 170 valence electrons. The lowest BCUT2D eigenvalue weighted by atomic mass is 10.2. The van der Waals surface area contributed by atoms with E-state index in [9.17, 15) is 4.57 Å². The van der Waals surface area contributed by atoms with Gasteiger partial charge in [-0.1, -0.05) is 32.9 Å². The minimum absolute atomic E-state index is 0.123. The van der Waals surface area contributed by atoms with Crippen molar-refractivity contribution in [2.75, 3.05) is 54.3 Å². The second-order valence-corrected chi connectivity index (χ2v) is 7.80. The summed E-state index contributed by atoms with van der Waals surface area (Å²) in [7, 11) is 1.15. The molecule has 1 aromatic carbocycles. The molecule has 0 amide bonds. The summed E-state index contributed by atoms with van der Waals surface area (Å²) in [5.41, 5.74) is 0.887. The predicted octanol–water partition coefficient (Wildman–Crippen LogP) is 4.42. The van der Waals surface area contributed by atoms with Crippen LogP contribution in [0.25, 0.3) is 0 Å². The average molecular weight is 435 g/mol. The first-order valence-corrected chi connectivity index (χ1v) is 11.4. The normalized spacial score (nSPS) is 14.1. The van der Waals surface area contributed by atoms with Gasteiger partial charge >= 0.3 is 7.75 Å². The molecule has 0 radical (unpaired) electrons. The predicted molar refractivity (Wildman–Crippen MR) is 114 cm³/mol. The van der Waals surface area contributed by atoms with Crippen molar-refractivity contribution in [3.63, 3.8) is 0 Å². The van der Waals surface area contributed by atoms with Crippen LogP contribution < -0.4 is 9.82 Å². The van der Waals surface area contributed by atoms with Crippen molar-refractivity contribution in [2.45, 2.75) is 34.0 Å². The molecule has 0 saturated carbocycles. The molecule has 29 heavy (non-hydrogen) atoms. The van der Waals surface area contributed by atoms with E-state index in [-0.39, 0.29) is 19.1 Å². The molecule has 0 aromatic heterocycles. The zero-order valence-corrected chi connectivity index (χ0v) is 19.7. The van der Waals surface area contributed by atoms with Gasteiger partial charge in [0.25, 0.3) is 0 Å². The van der Waals surface area contributed by atoms with Crippen LogP contribution in [0.4, 0.5) is 0 Å². The van der Waals surface area contributed by atoms with Crippen LogP contribution in [0.5, 0.6) is 5.75 Å². The lowest BCUT2D eigenvalue weighted by Gasteiger charge is -2.20. The fourth-order valence-electron chi connectivity index (χ4n) is 2.22. The fraction of sp³-hybridized carbons (Fsp3) is 0.700. The van der Waals surface area contributed by atoms with E-state index < -0.39 is 14.0 Å². The minimum atomic E-state index is -3.36. The van der Waals surface area contributed by atoms with Crippen LogP contribution in [0, 0.1) is 5.92 Å². The van der Waals surface area contributed by atoms with E-state index in [4.69, 9.17) is 28.0 Å². The molecule has 0 fully saturated rings. The Bertz CT molecular complexity index is 552. The molecule has 0 spiro atoms. The third kappa shape index (κ3) is 11.7. The molecule has 8 nitrogen and oxygen atoms in total. The van der Waals surface area contributed by atoms with Gasteiger partial charge in [-0.05, 0) is 25.0 Å². The standard InChI is InChI=1S/C18H32NO7P.C2H6/c1-6-24-14-15(2)13-19-27(20,23-5)26-12-11-25-17-9-7-16(8-10-17)18(21-3)22-4;1-2/h7-10,15,18H,6,11-14H2,1-5H3,(H,19,20);1-2H3. The van der Waals surface area contributed by atoms with Gasteiger partial charge in [-0.25, -0.2) is 9.65 Å². The molecule has 0 heterocycles. The molecule has 0 bridgehead atoms. The second-order valence-electron chi connectivity index (χ2n) is 5.86. The van der Waals surface area contributed by atoms with E-state index in [0.717, 1.165) is 5.56 Å². The maximum atomic E-state index is 12.5. The Balaban J connectivity index is 0.00000379. The number of nitrogens with one attached hydrogen (secondary N) is 1. The molecule has 1 rings (SSSR count). The Kier molecular flexibility index (Phi) is 16.2. The summed E-state index contributed by atoms with van der Waals surface area (Å²) in [6.45, 7) is 9.99. The lowest BCUT2D eigenvalue weighted by molar-refractivity contribution is -0.106. The van der Waals surface area contributed by atoms with Crippen LogP contribution in [0.1, 0.15) is 39.5 Å².